The van der Waals surface area contributed by atoms with Crippen LogP contribution in [0.3, 0.4) is 0 Å². The fraction of sp³-hybridized carbons (Fsp3) is 0.462. The molecular weight excluding hydrogens is 248 g/mol. The zero-order chi connectivity index (χ0) is 14.1. The molecule has 1 rings (SSSR count). The van der Waals surface area contributed by atoms with E-state index in [4.69, 9.17) is 25.7 Å². The predicted molar refractivity (Wildman–Crippen MR) is 72.2 cm³/mol. The molecule has 0 aromatic heterocycles. The summed E-state index contributed by atoms with van der Waals surface area (Å²) < 4.78 is 15.6. The SMILES string of the molecule is COCCOCCCOc1cc(N)ccc1C(N)=O. The quantitative estimate of drug-likeness (QED) is 0.510. The summed E-state index contributed by atoms with van der Waals surface area (Å²) in [5, 5.41) is 0. The lowest BCUT2D eigenvalue weighted by atomic mass is 10.1. The molecule has 0 spiro atoms. The predicted octanol–water partition coefficient (Wildman–Crippen LogP) is 0.800. The van der Waals surface area contributed by atoms with Gasteiger partial charge in [0.2, 0.25) is 0 Å². The number of nitrogen functional groups attached to an aromatic ring is 1. The van der Waals surface area contributed by atoms with Gasteiger partial charge in [-0.1, -0.05) is 0 Å². The maximum Gasteiger partial charge on any atom is 0.252 e. The van der Waals surface area contributed by atoms with Gasteiger partial charge in [-0.15, -0.1) is 0 Å². The lowest BCUT2D eigenvalue weighted by Crippen LogP contribution is -2.14. The molecule has 0 aliphatic rings. The van der Waals surface area contributed by atoms with Crippen molar-refractivity contribution >= 4 is 11.6 Å². The van der Waals surface area contributed by atoms with E-state index >= 15 is 0 Å². The highest BCUT2D eigenvalue weighted by molar-refractivity contribution is 5.96. The Kier molecular flexibility index (Phi) is 6.70. The third-order valence-electron chi connectivity index (χ3n) is 2.39. The summed E-state index contributed by atoms with van der Waals surface area (Å²) in [5.74, 6) is -0.129. The number of carbonyl (C=O) groups excluding carboxylic acids is 1. The van der Waals surface area contributed by atoms with Crippen molar-refractivity contribution in [3.8, 4) is 5.75 Å². The minimum Gasteiger partial charge on any atom is -0.493 e. The summed E-state index contributed by atoms with van der Waals surface area (Å²) >= 11 is 0. The van der Waals surface area contributed by atoms with Gasteiger partial charge in [0.25, 0.3) is 5.91 Å². The second-order valence-corrected chi connectivity index (χ2v) is 3.93. The Morgan fingerprint density at radius 1 is 1.21 bits per heavy atom. The van der Waals surface area contributed by atoms with Gasteiger partial charge in [-0.2, -0.15) is 0 Å². The van der Waals surface area contributed by atoms with Crippen LogP contribution in [0.5, 0.6) is 5.75 Å². The minimum atomic E-state index is -0.536. The number of hydrogen-bond donors (Lipinski definition) is 2. The van der Waals surface area contributed by atoms with Crippen LogP contribution >= 0.6 is 0 Å². The number of amides is 1. The molecular formula is C13H20N2O4. The van der Waals surface area contributed by atoms with E-state index in [2.05, 4.69) is 0 Å². The summed E-state index contributed by atoms with van der Waals surface area (Å²) in [5.41, 5.74) is 11.7. The zero-order valence-electron chi connectivity index (χ0n) is 11.1. The lowest BCUT2D eigenvalue weighted by Gasteiger charge is -2.10. The standard InChI is InChI=1S/C13H20N2O4/c1-17-7-8-18-5-2-6-19-12-9-10(14)3-4-11(12)13(15)16/h3-4,9H,2,5-8,14H2,1H3,(H2,15,16). The van der Waals surface area contributed by atoms with E-state index in [-0.39, 0.29) is 0 Å². The number of rotatable bonds is 9. The first-order chi connectivity index (χ1) is 9.15. The second-order valence-electron chi connectivity index (χ2n) is 3.93. The van der Waals surface area contributed by atoms with Crippen LogP contribution in [0.2, 0.25) is 0 Å². The molecule has 0 unspecified atom stereocenters. The number of hydrogen-bond acceptors (Lipinski definition) is 5. The zero-order valence-corrected chi connectivity index (χ0v) is 11.1. The molecule has 0 radical (unpaired) electrons. The van der Waals surface area contributed by atoms with Crippen LogP contribution in [0.1, 0.15) is 16.8 Å². The number of primary amides is 1. The summed E-state index contributed by atoms with van der Waals surface area (Å²) in [4.78, 5) is 11.2. The Labute approximate surface area is 112 Å². The average Bonchev–Trinajstić information content (AvgIpc) is 2.37. The molecule has 1 amide bonds. The van der Waals surface area contributed by atoms with Gasteiger partial charge in [0, 0.05) is 31.9 Å². The van der Waals surface area contributed by atoms with Crippen molar-refractivity contribution in [1.29, 1.82) is 0 Å². The molecule has 6 nitrogen and oxygen atoms in total. The Hall–Kier alpha value is -1.79. The van der Waals surface area contributed by atoms with E-state index in [0.717, 1.165) is 0 Å². The van der Waals surface area contributed by atoms with Gasteiger partial charge in [0.15, 0.2) is 0 Å². The number of carbonyl (C=O) groups is 1. The third-order valence-corrected chi connectivity index (χ3v) is 2.39. The molecule has 6 heteroatoms. The van der Waals surface area contributed by atoms with Crippen molar-refractivity contribution < 1.29 is 19.0 Å². The van der Waals surface area contributed by atoms with Gasteiger partial charge in [-0.05, 0) is 12.1 Å². The molecule has 1 aromatic rings. The van der Waals surface area contributed by atoms with Gasteiger partial charge >= 0.3 is 0 Å². The van der Waals surface area contributed by atoms with Gasteiger partial charge in [0.1, 0.15) is 5.75 Å². The van der Waals surface area contributed by atoms with Crippen LogP contribution in [0.25, 0.3) is 0 Å². The maximum atomic E-state index is 11.2. The molecule has 0 heterocycles. The van der Waals surface area contributed by atoms with Crippen LogP contribution in [0.4, 0.5) is 5.69 Å². The number of ether oxygens (including phenoxy) is 3. The number of methoxy groups -OCH3 is 1. The fourth-order valence-electron chi connectivity index (χ4n) is 1.45. The number of anilines is 1. The molecule has 19 heavy (non-hydrogen) atoms. The van der Waals surface area contributed by atoms with Crippen molar-refractivity contribution in [3.05, 3.63) is 23.8 Å². The molecule has 0 bridgehead atoms. The van der Waals surface area contributed by atoms with E-state index in [1.54, 1.807) is 25.3 Å². The molecule has 0 aliphatic carbocycles. The van der Waals surface area contributed by atoms with E-state index in [1.807, 2.05) is 0 Å². The van der Waals surface area contributed by atoms with E-state index in [0.29, 0.717) is 49.8 Å². The summed E-state index contributed by atoms with van der Waals surface area (Å²) in [6, 6.07) is 4.76. The Balaban J connectivity index is 2.36. The molecule has 0 saturated carbocycles. The Morgan fingerprint density at radius 3 is 2.68 bits per heavy atom. The lowest BCUT2D eigenvalue weighted by molar-refractivity contribution is 0.0643. The maximum absolute atomic E-state index is 11.2. The first-order valence-corrected chi connectivity index (χ1v) is 6.04. The van der Waals surface area contributed by atoms with Crippen LogP contribution < -0.4 is 16.2 Å². The highest BCUT2D eigenvalue weighted by Gasteiger charge is 2.09. The topological polar surface area (TPSA) is 96.8 Å². The van der Waals surface area contributed by atoms with Crippen molar-refractivity contribution in [2.45, 2.75) is 6.42 Å². The van der Waals surface area contributed by atoms with Gasteiger partial charge < -0.3 is 25.7 Å². The van der Waals surface area contributed by atoms with Crippen LogP contribution in [-0.4, -0.2) is 39.4 Å². The molecule has 4 N–H and O–H groups in total. The molecule has 106 valence electrons. The normalized spacial score (nSPS) is 10.4. The van der Waals surface area contributed by atoms with Crippen molar-refractivity contribution in [1.82, 2.24) is 0 Å². The van der Waals surface area contributed by atoms with Crippen LogP contribution in [-0.2, 0) is 9.47 Å². The molecule has 0 fully saturated rings. The molecule has 0 atom stereocenters. The van der Waals surface area contributed by atoms with E-state index < -0.39 is 5.91 Å². The summed E-state index contributed by atoms with van der Waals surface area (Å²) in [6.45, 7) is 2.12. The van der Waals surface area contributed by atoms with Crippen molar-refractivity contribution in [2.24, 2.45) is 5.73 Å². The van der Waals surface area contributed by atoms with Crippen molar-refractivity contribution in [3.63, 3.8) is 0 Å². The number of benzene rings is 1. The summed E-state index contributed by atoms with van der Waals surface area (Å²) in [6.07, 6.45) is 0.705. The van der Waals surface area contributed by atoms with Crippen LogP contribution in [0.15, 0.2) is 18.2 Å². The van der Waals surface area contributed by atoms with Gasteiger partial charge in [-0.3, -0.25) is 4.79 Å². The number of nitrogens with two attached hydrogens (primary N) is 2. The molecule has 1 aromatic carbocycles. The van der Waals surface area contributed by atoms with E-state index in [9.17, 15) is 4.79 Å². The van der Waals surface area contributed by atoms with Gasteiger partial charge in [0.05, 0.1) is 25.4 Å². The Morgan fingerprint density at radius 2 is 2.00 bits per heavy atom. The van der Waals surface area contributed by atoms with E-state index in [1.165, 1.54) is 0 Å². The molecule has 0 aliphatic heterocycles. The summed E-state index contributed by atoms with van der Waals surface area (Å²) in [7, 11) is 1.62. The third kappa shape index (κ3) is 5.58. The van der Waals surface area contributed by atoms with Crippen molar-refractivity contribution in [2.75, 3.05) is 39.3 Å². The molecule has 0 saturated heterocycles. The minimum absolute atomic E-state index is 0.328. The first-order valence-electron chi connectivity index (χ1n) is 6.04. The average molecular weight is 268 g/mol. The highest BCUT2D eigenvalue weighted by Crippen LogP contribution is 2.21. The first kappa shape index (κ1) is 15.3. The monoisotopic (exact) mass is 268 g/mol. The van der Waals surface area contributed by atoms with Gasteiger partial charge in [-0.25, -0.2) is 0 Å². The Bertz CT molecular complexity index is 410. The fourth-order valence-corrected chi connectivity index (χ4v) is 1.45. The highest BCUT2D eigenvalue weighted by atomic mass is 16.5. The second kappa shape index (κ2) is 8.34. The smallest absolute Gasteiger partial charge is 0.252 e. The largest absolute Gasteiger partial charge is 0.493 e. The van der Waals surface area contributed by atoms with Crippen LogP contribution in [0, 0.1) is 0 Å².